The third-order valence-corrected chi connectivity index (χ3v) is 7.66. The highest BCUT2D eigenvalue weighted by atomic mass is 79.9. The number of nitrogens with zero attached hydrogens (tertiary/aromatic N) is 2. The number of ether oxygens (including phenoxy) is 4. The first kappa shape index (κ1) is 27.1. The van der Waals surface area contributed by atoms with Crippen LogP contribution in [0.2, 0.25) is 5.02 Å². The van der Waals surface area contributed by atoms with Crippen molar-refractivity contribution in [2.45, 2.75) is 13.0 Å². The Morgan fingerprint density at radius 3 is 2.46 bits per heavy atom. The minimum absolute atomic E-state index is 0.0806. The molecule has 2 aromatic carbocycles. The average Bonchev–Trinajstić information content (AvgIpc) is 3.18. The average molecular weight is 608 g/mol. The molecule has 0 saturated heterocycles. The second-order valence-corrected chi connectivity index (χ2v) is 10.3. The van der Waals surface area contributed by atoms with E-state index in [-0.39, 0.29) is 24.3 Å². The molecule has 11 heteroatoms. The quantitative estimate of drug-likeness (QED) is 0.286. The summed E-state index contributed by atoms with van der Waals surface area (Å²) < 4.78 is 23.9. The zero-order valence-corrected chi connectivity index (χ0v) is 23.7. The first-order valence-electron chi connectivity index (χ1n) is 11.1. The maximum Gasteiger partial charge on any atom is 0.338 e. The molecule has 194 valence electrons. The Bertz CT molecular complexity index is 1540. The molecule has 0 spiro atoms. The maximum atomic E-state index is 13.8. The molecule has 2 heterocycles. The Kier molecular flexibility index (Phi) is 8.53. The van der Waals surface area contributed by atoms with Gasteiger partial charge in [0.05, 0.1) is 42.7 Å². The van der Waals surface area contributed by atoms with Crippen LogP contribution in [0.5, 0.6) is 11.5 Å². The first-order valence-corrected chi connectivity index (χ1v) is 13.1. The second-order valence-electron chi connectivity index (χ2n) is 7.99. The topological polar surface area (TPSA) is 88.4 Å². The molecule has 0 N–H and O–H groups in total. The predicted octanol–water partition coefficient (Wildman–Crippen LogP) is 3.86. The smallest absolute Gasteiger partial charge is 0.338 e. The number of carbonyl (C=O) groups is 1. The summed E-state index contributed by atoms with van der Waals surface area (Å²) in [7, 11) is 4.63. The molecule has 1 aromatic heterocycles. The molecule has 0 saturated carbocycles. The van der Waals surface area contributed by atoms with Crippen molar-refractivity contribution in [2.75, 3.05) is 34.5 Å². The number of allylic oxidation sites excluding steroid dienone is 1. The van der Waals surface area contributed by atoms with Crippen LogP contribution in [0.3, 0.4) is 0 Å². The monoisotopic (exact) mass is 606 g/mol. The fourth-order valence-electron chi connectivity index (χ4n) is 3.96. The first-order chi connectivity index (χ1) is 17.8. The van der Waals surface area contributed by atoms with Crippen LogP contribution >= 0.6 is 38.9 Å². The molecule has 1 atom stereocenters. The summed E-state index contributed by atoms with van der Waals surface area (Å²) in [5.74, 6) is 0.527. The SMILES string of the molecule is COCCOC(=O)C1=C(C)N=c2sc(=Cc3cc(OC)c(OC)cc3Br)c(=O)n2C1c1ccc(Cl)cc1. The molecule has 0 radical (unpaired) electrons. The van der Waals surface area contributed by atoms with Gasteiger partial charge in [-0.2, -0.15) is 0 Å². The minimum Gasteiger partial charge on any atom is -0.493 e. The number of hydrogen-bond donors (Lipinski definition) is 0. The number of hydrogen-bond acceptors (Lipinski definition) is 8. The molecule has 4 rings (SSSR count). The summed E-state index contributed by atoms with van der Waals surface area (Å²) in [4.78, 5) is 32.0. The number of methoxy groups -OCH3 is 3. The van der Waals surface area contributed by atoms with Gasteiger partial charge in [-0.1, -0.05) is 51.0 Å². The Labute approximate surface area is 230 Å². The van der Waals surface area contributed by atoms with Crippen LogP contribution in [0.4, 0.5) is 0 Å². The van der Waals surface area contributed by atoms with Crippen LogP contribution in [0.15, 0.2) is 61.9 Å². The van der Waals surface area contributed by atoms with E-state index in [1.165, 1.54) is 23.0 Å². The van der Waals surface area contributed by atoms with Gasteiger partial charge in [0.25, 0.3) is 5.56 Å². The molecule has 1 unspecified atom stereocenters. The zero-order valence-electron chi connectivity index (χ0n) is 20.5. The molecule has 0 aliphatic carbocycles. The number of rotatable bonds is 8. The van der Waals surface area contributed by atoms with E-state index in [9.17, 15) is 9.59 Å². The van der Waals surface area contributed by atoms with Crippen molar-refractivity contribution in [2.24, 2.45) is 4.99 Å². The molecule has 0 fully saturated rings. The van der Waals surface area contributed by atoms with E-state index < -0.39 is 12.0 Å². The second kappa shape index (κ2) is 11.6. The molecule has 0 bridgehead atoms. The summed E-state index contributed by atoms with van der Waals surface area (Å²) in [5, 5.41) is 0.541. The Morgan fingerprint density at radius 1 is 1.14 bits per heavy atom. The Morgan fingerprint density at radius 2 is 1.81 bits per heavy atom. The van der Waals surface area contributed by atoms with Gasteiger partial charge in [0.1, 0.15) is 6.61 Å². The van der Waals surface area contributed by atoms with Crippen LogP contribution < -0.4 is 24.4 Å². The Hall–Kier alpha value is -2.92. The van der Waals surface area contributed by atoms with E-state index in [0.717, 1.165) is 10.0 Å². The largest absolute Gasteiger partial charge is 0.493 e. The number of carbonyl (C=O) groups excluding carboxylic acids is 1. The van der Waals surface area contributed by atoms with Gasteiger partial charge in [0.15, 0.2) is 16.3 Å². The van der Waals surface area contributed by atoms with Crippen molar-refractivity contribution in [1.29, 1.82) is 0 Å². The summed E-state index contributed by atoms with van der Waals surface area (Å²) in [6.07, 6.45) is 1.75. The molecule has 0 amide bonds. The predicted molar refractivity (Wildman–Crippen MR) is 145 cm³/mol. The fourth-order valence-corrected chi connectivity index (χ4v) is 5.56. The third-order valence-electron chi connectivity index (χ3n) is 5.74. The van der Waals surface area contributed by atoms with Gasteiger partial charge in [0.2, 0.25) is 0 Å². The lowest BCUT2D eigenvalue weighted by atomic mass is 9.96. The highest BCUT2D eigenvalue weighted by Crippen LogP contribution is 2.34. The van der Waals surface area contributed by atoms with Crippen LogP contribution in [-0.2, 0) is 14.3 Å². The molecule has 3 aromatic rings. The molecule has 8 nitrogen and oxygen atoms in total. The van der Waals surface area contributed by atoms with Crippen LogP contribution in [0.1, 0.15) is 24.1 Å². The minimum atomic E-state index is -0.737. The number of halogens is 2. The molecule has 37 heavy (non-hydrogen) atoms. The van der Waals surface area contributed by atoms with Crippen molar-refractivity contribution in [1.82, 2.24) is 4.57 Å². The van der Waals surface area contributed by atoms with Crippen LogP contribution in [-0.4, -0.2) is 45.1 Å². The van der Waals surface area contributed by atoms with E-state index in [1.807, 2.05) is 0 Å². The third kappa shape index (κ3) is 5.52. The molecule has 1 aliphatic heterocycles. The van der Waals surface area contributed by atoms with Gasteiger partial charge in [-0.05, 0) is 48.4 Å². The lowest BCUT2D eigenvalue weighted by molar-refractivity contribution is -0.140. The lowest BCUT2D eigenvalue weighted by Crippen LogP contribution is -2.40. The van der Waals surface area contributed by atoms with E-state index in [2.05, 4.69) is 20.9 Å². The van der Waals surface area contributed by atoms with Gasteiger partial charge < -0.3 is 18.9 Å². The van der Waals surface area contributed by atoms with Crippen molar-refractivity contribution >= 4 is 50.9 Å². The van der Waals surface area contributed by atoms with E-state index in [4.69, 9.17) is 30.5 Å². The summed E-state index contributed by atoms with van der Waals surface area (Å²) in [6.45, 7) is 2.07. The summed E-state index contributed by atoms with van der Waals surface area (Å²) in [5.41, 5.74) is 1.89. The van der Waals surface area contributed by atoms with Gasteiger partial charge >= 0.3 is 5.97 Å². The molecule has 1 aliphatic rings. The van der Waals surface area contributed by atoms with Crippen molar-refractivity contribution in [3.8, 4) is 11.5 Å². The Balaban J connectivity index is 1.90. The fraction of sp³-hybridized carbons (Fsp3) is 0.269. The maximum absolute atomic E-state index is 13.8. The standard InChI is InChI=1S/C26H24BrClN2O6S/c1-14-22(25(32)36-10-9-33-2)23(15-5-7-17(28)8-6-15)30-24(31)21(37-26(30)29-14)12-16-11-19(34-3)20(35-4)13-18(16)27/h5-8,11-13,23H,9-10H2,1-4H3. The molecular weight excluding hydrogens is 584 g/mol. The van der Waals surface area contributed by atoms with Gasteiger partial charge in [-0.15, -0.1) is 0 Å². The highest BCUT2D eigenvalue weighted by Gasteiger charge is 2.33. The van der Waals surface area contributed by atoms with Gasteiger partial charge in [-0.25, -0.2) is 9.79 Å². The van der Waals surface area contributed by atoms with E-state index in [1.54, 1.807) is 63.6 Å². The lowest BCUT2D eigenvalue weighted by Gasteiger charge is -2.24. The number of fused-ring (bicyclic) bond motifs is 1. The van der Waals surface area contributed by atoms with Crippen LogP contribution in [0, 0.1) is 0 Å². The number of esters is 1. The van der Waals surface area contributed by atoms with Gasteiger partial charge in [-0.3, -0.25) is 9.36 Å². The number of thiazole rings is 1. The molecular formula is C26H24BrClN2O6S. The van der Waals surface area contributed by atoms with Crippen molar-refractivity contribution in [3.05, 3.63) is 88.0 Å². The normalized spacial score (nSPS) is 15.3. The van der Waals surface area contributed by atoms with Crippen molar-refractivity contribution in [3.63, 3.8) is 0 Å². The van der Waals surface area contributed by atoms with E-state index in [0.29, 0.717) is 37.1 Å². The number of aromatic nitrogens is 1. The van der Waals surface area contributed by atoms with Crippen molar-refractivity contribution < 1.29 is 23.7 Å². The highest BCUT2D eigenvalue weighted by molar-refractivity contribution is 9.10. The number of benzene rings is 2. The zero-order chi connectivity index (χ0) is 26.7. The van der Waals surface area contributed by atoms with E-state index >= 15 is 0 Å². The summed E-state index contributed by atoms with van der Waals surface area (Å²) in [6, 6.07) is 9.83. The van der Waals surface area contributed by atoms with Crippen LogP contribution in [0.25, 0.3) is 6.08 Å². The summed E-state index contributed by atoms with van der Waals surface area (Å²) >= 11 is 10.9. The van der Waals surface area contributed by atoms with Gasteiger partial charge in [0, 0.05) is 16.6 Å².